The van der Waals surface area contributed by atoms with Crippen molar-refractivity contribution in [1.82, 2.24) is 0 Å². The van der Waals surface area contributed by atoms with Gasteiger partial charge in [-0.1, -0.05) is 12.1 Å². The first-order valence-corrected chi connectivity index (χ1v) is 4.58. The zero-order valence-electron chi connectivity index (χ0n) is 7.73. The molecule has 0 radical (unpaired) electrons. The lowest BCUT2D eigenvalue weighted by molar-refractivity contribution is -0.00708. The van der Waals surface area contributed by atoms with Crippen molar-refractivity contribution < 1.29 is 9.84 Å². The molecule has 1 atom stereocenters. The molecule has 0 aromatic heterocycles. The van der Waals surface area contributed by atoms with E-state index in [1.807, 2.05) is 12.1 Å². The first-order valence-electron chi connectivity index (χ1n) is 4.58. The van der Waals surface area contributed by atoms with Crippen LogP contribution in [0.3, 0.4) is 0 Å². The van der Waals surface area contributed by atoms with Crippen LogP contribution in [0.25, 0.3) is 0 Å². The highest BCUT2D eigenvalue weighted by molar-refractivity contribution is 5.43. The van der Waals surface area contributed by atoms with Crippen molar-refractivity contribution in [2.75, 3.05) is 6.61 Å². The largest absolute Gasteiger partial charge is 0.394 e. The monoisotopic (exact) mass is 189 g/mol. The molecule has 3 nitrogen and oxygen atoms in total. The summed E-state index contributed by atoms with van der Waals surface area (Å²) in [5.41, 5.74) is 2.79. The summed E-state index contributed by atoms with van der Waals surface area (Å²) in [6.45, 7) is 0.509. The summed E-state index contributed by atoms with van der Waals surface area (Å²) >= 11 is 0. The highest BCUT2D eigenvalue weighted by Gasteiger charge is 2.20. The lowest BCUT2D eigenvalue weighted by Crippen LogP contribution is -2.26. The Morgan fingerprint density at radius 3 is 3.14 bits per heavy atom. The molecule has 0 fully saturated rings. The number of nitrogens with zero attached hydrogens (tertiary/aromatic N) is 1. The number of hydrogen-bond donors (Lipinski definition) is 1. The van der Waals surface area contributed by atoms with Gasteiger partial charge in [0.15, 0.2) is 0 Å². The van der Waals surface area contributed by atoms with Crippen molar-refractivity contribution in [2.45, 2.75) is 19.1 Å². The van der Waals surface area contributed by atoms with Gasteiger partial charge >= 0.3 is 0 Å². The first-order chi connectivity index (χ1) is 6.85. The summed E-state index contributed by atoms with van der Waals surface area (Å²) in [6.07, 6.45) is 0.479. The quantitative estimate of drug-likeness (QED) is 0.716. The number of ether oxygens (including phenoxy) is 1. The van der Waals surface area contributed by atoms with Crippen LogP contribution < -0.4 is 0 Å². The number of rotatable bonds is 1. The zero-order valence-corrected chi connectivity index (χ0v) is 7.73. The highest BCUT2D eigenvalue weighted by atomic mass is 16.5. The second-order valence-corrected chi connectivity index (χ2v) is 3.37. The van der Waals surface area contributed by atoms with E-state index in [-0.39, 0.29) is 12.7 Å². The predicted octanol–water partition coefficient (Wildman–Crippen LogP) is 0.992. The molecule has 1 aromatic carbocycles. The molecule has 0 aliphatic carbocycles. The minimum atomic E-state index is -0.156. The van der Waals surface area contributed by atoms with Crippen LogP contribution in [0.15, 0.2) is 18.2 Å². The summed E-state index contributed by atoms with van der Waals surface area (Å²) in [5.74, 6) is 0. The SMILES string of the molecule is N#Cc1cccc2c1CC(CO)OC2. The Kier molecular flexibility index (Phi) is 2.49. The van der Waals surface area contributed by atoms with E-state index in [0.29, 0.717) is 18.6 Å². The van der Waals surface area contributed by atoms with Crippen LogP contribution in [0.1, 0.15) is 16.7 Å². The molecule has 1 aliphatic heterocycles. The molecular weight excluding hydrogens is 178 g/mol. The normalized spacial score (nSPS) is 19.9. The Morgan fingerprint density at radius 1 is 1.57 bits per heavy atom. The van der Waals surface area contributed by atoms with Gasteiger partial charge in [-0.3, -0.25) is 0 Å². The van der Waals surface area contributed by atoms with Gasteiger partial charge in [0.1, 0.15) is 0 Å². The number of hydrogen-bond acceptors (Lipinski definition) is 3. The van der Waals surface area contributed by atoms with Crippen molar-refractivity contribution in [1.29, 1.82) is 5.26 Å². The number of aliphatic hydroxyl groups is 1. The van der Waals surface area contributed by atoms with Gasteiger partial charge in [0, 0.05) is 6.42 Å². The van der Waals surface area contributed by atoms with E-state index < -0.39 is 0 Å². The van der Waals surface area contributed by atoms with E-state index in [9.17, 15) is 0 Å². The van der Waals surface area contributed by atoms with E-state index in [0.717, 1.165) is 11.1 Å². The first kappa shape index (κ1) is 9.20. The molecule has 3 heteroatoms. The predicted molar refractivity (Wildman–Crippen MR) is 50.5 cm³/mol. The molecule has 0 amide bonds. The van der Waals surface area contributed by atoms with Gasteiger partial charge < -0.3 is 9.84 Å². The minimum Gasteiger partial charge on any atom is -0.394 e. The van der Waals surface area contributed by atoms with Crippen molar-refractivity contribution in [3.63, 3.8) is 0 Å². The minimum absolute atomic E-state index is 0.0131. The summed E-state index contributed by atoms with van der Waals surface area (Å²) in [6, 6.07) is 7.79. The number of benzene rings is 1. The van der Waals surface area contributed by atoms with Crippen LogP contribution in [0.5, 0.6) is 0 Å². The topological polar surface area (TPSA) is 53.2 Å². The van der Waals surface area contributed by atoms with Crippen LogP contribution in [0.2, 0.25) is 0 Å². The van der Waals surface area contributed by atoms with Crippen molar-refractivity contribution in [2.24, 2.45) is 0 Å². The van der Waals surface area contributed by atoms with E-state index in [1.165, 1.54) is 0 Å². The number of nitriles is 1. The van der Waals surface area contributed by atoms with Gasteiger partial charge in [-0.25, -0.2) is 0 Å². The molecule has 0 spiro atoms. The third-order valence-electron chi connectivity index (χ3n) is 2.50. The van der Waals surface area contributed by atoms with Crippen LogP contribution >= 0.6 is 0 Å². The van der Waals surface area contributed by atoms with Crippen LogP contribution in [0, 0.1) is 11.3 Å². The lowest BCUT2D eigenvalue weighted by atomic mass is 9.95. The number of aliphatic hydroxyl groups excluding tert-OH is 1. The van der Waals surface area contributed by atoms with E-state index >= 15 is 0 Å². The Balaban J connectivity index is 2.39. The maximum absolute atomic E-state index is 8.97. The average Bonchev–Trinajstić information content (AvgIpc) is 2.27. The van der Waals surface area contributed by atoms with Crippen LogP contribution in [-0.4, -0.2) is 17.8 Å². The molecule has 2 rings (SSSR count). The van der Waals surface area contributed by atoms with Crippen molar-refractivity contribution >= 4 is 0 Å². The fourth-order valence-electron chi connectivity index (χ4n) is 1.73. The lowest BCUT2D eigenvalue weighted by Gasteiger charge is -2.24. The fraction of sp³-hybridized carbons (Fsp3) is 0.364. The molecule has 1 aromatic rings. The zero-order chi connectivity index (χ0) is 9.97. The van der Waals surface area contributed by atoms with Crippen LogP contribution in [-0.2, 0) is 17.8 Å². The highest BCUT2D eigenvalue weighted by Crippen LogP contribution is 2.23. The third-order valence-corrected chi connectivity index (χ3v) is 2.50. The molecule has 0 saturated heterocycles. The standard InChI is InChI=1S/C11H11NO2/c12-5-8-2-1-3-9-7-14-10(6-13)4-11(8)9/h1-3,10,13H,4,6-7H2. The molecule has 1 unspecified atom stereocenters. The van der Waals surface area contributed by atoms with E-state index in [1.54, 1.807) is 6.07 Å². The molecule has 1 aliphatic rings. The van der Waals surface area contributed by atoms with Crippen LogP contribution in [0.4, 0.5) is 0 Å². The summed E-state index contributed by atoms with van der Waals surface area (Å²) in [5, 5.41) is 17.9. The van der Waals surface area contributed by atoms with Gasteiger partial charge in [-0.15, -0.1) is 0 Å². The maximum atomic E-state index is 8.97. The molecule has 1 N–H and O–H groups in total. The van der Waals surface area contributed by atoms with Gasteiger partial charge in [0.25, 0.3) is 0 Å². The molecule has 14 heavy (non-hydrogen) atoms. The Morgan fingerprint density at radius 2 is 2.43 bits per heavy atom. The van der Waals surface area contributed by atoms with Gasteiger partial charge in [-0.05, 0) is 17.2 Å². The Bertz CT molecular complexity index is 381. The second kappa shape index (κ2) is 3.79. The van der Waals surface area contributed by atoms with E-state index in [4.69, 9.17) is 15.1 Å². The maximum Gasteiger partial charge on any atom is 0.0994 e. The molecule has 72 valence electrons. The van der Waals surface area contributed by atoms with Gasteiger partial charge in [-0.2, -0.15) is 5.26 Å². The van der Waals surface area contributed by atoms with E-state index in [2.05, 4.69) is 6.07 Å². The summed E-state index contributed by atoms with van der Waals surface area (Å²) in [4.78, 5) is 0. The second-order valence-electron chi connectivity index (χ2n) is 3.37. The fourth-order valence-corrected chi connectivity index (χ4v) is 1.73. The van der Waals surface area contributed by atoms with Gasteiger partial charge in [0.05, 0.1) is 31.0 Å². The Hall–Kier alpha value is -1.37. The summed E-state index contributed by atoms with van der Waals surface area (Å²) < 4.78 is 5.39. The Labute approximate surface area is 82.6 Å². The summed E-state index contributed by atoms with van der Waals surface area (Å²) in [7, 11) is 0. The van der Waals surface area contributed by atoms with Crippen molar-refractivity contribution in [3.8, 4) is 6.07 Å². The number of fused-ring (bicyclic) bond motifs is 1. The smallest absolute Gasteiger partial charge is 0.0994 e. The third kappa shape index (κ3) is 1.50. The van der Waals surface area contributed by atoms with Gasteiger partial charge in [0.2, 0.25) is 0 Å². The molecule has 0 saturated carbocycles. The average molecular weight is 189 g/mol. The molecule has 1 heterocycles. The van der Waals surface area contributed by atoms with Crippen molar-refractivity contribution in [3.05, 3.63) is 34.9 Å². The molecule has 0 bridgehead atoms. The molecular formula is C11H11NO2.